The van der Waals surface area contributed by atoms with Crippen molar-refractivity contribution in [2.24, 2.45) is 0 Å². The second-order valence-corrected chi connectivity index (χ2v) is 2.76. The molecule has 0 saturated carbocycles. The lowest BCUT2D eigenvalue weighted by atomic mass is 10.2. The van der Waals surface area contributed by atoms with Gasteiger partial charge in [-0.2, -0.15) is 0 Å². The fourth-order valence-electron chi connectivity index (χ4n) is 0.948. The maximum Gasteiger partial charge on any atom is 0.257 e. The first-order chi connectivity index (χ1) is 6.16. The number of amides is 1. The van der Waals surface area contributed by atoms with Crippen LogP contribution in [0.4, 0.5) is 5.82 Å². The molecule has 2 N–H and O–H groups in total. The summed E-state index contributed by atoms with van der Waals surface area (Å²) in [4.78, 5) is 17.0. The molecule has 13 heavy (non-hydrogen) atoms. The van der Waals surface area contributed by atoms with Crippen LogP contribution in [0, 0.1) is 0 Å². The molecule has 70 valence electrons. The molecule has 1 aromatic heterocycles. The number of rotatable bonds is 2. The first kappa shape index (κ1) is 9.51. The summed E-state index contributed by atoms with van der Waals surface area (Å²) in [5, 5.41) is 0. The molecule has 0 fully saturated rings. The summed E-state index contributed by atoms with van der Waals surface area (Å²) in [6.07, 6.45) is 1.57. The molecule has 0 aromatic carbocycles. The predicted molar refractivity (Wildman–Crippen MR) is 51.3 cm³/mol. The number of aromatic nitrogens is 1. The maximum atomic E-state index is 11.6. The van der Waals surface area contributed by atoms with E-state index in [0.29, 0.717) is 12.1 Å². The van der Waals surface area contributed by atoms with E-state index >= 15 is 0 Å². The molecule has 0 aliphatic rings. The molecule has 1 amide bonds. The van der Waals surface area contributed by atoms with Crippen molar-refractivity contribution < 1.29 is 4.79 Å². The van der Waals surface area contributed by atoms with Crippen LogP contribution in [-0.4, -0.2) is 29.4 Å². The number of hydrogen-bond donors (Lipinski definition) is 1. The number of carbonyl (C=O) groups is 1. The summed E-state index contributed by atoms with van der Waals surface area (Å²) in [5.41, 5.74) is 6.02. The zero-order chi connectivity index (χ0) is 9.84. The van der Waals surface area contributed by atoms with Crippen molar-refractivity contribution >= 4 is 11.7 Å². The van der Waals surface area contributed by atoms with E-state index in [2.05, 4.69) is 4.98 Å². The average Bonchev–Trinajstić information content (AvgIpc) is 2.16. The van der Waals surface area contributed by atoms with Crippen LogP contribution in [0.1, 0.15) is 17.3 Å². The summed E-state index contributed by atoms with van der Waals surface area (Å²) in [5.74, 6) is 0.195. The lowest BCUT2D eigenvalue weighted by molar-refractivity contribution is 0.0803. The Labute approximate surface area is 77.4 Å². The summed E-state index contributed by atoms with van der Waals surface area (Å²) in [6, 6.07) is 3.38. The molecule has 0 aliphatic carbocycles. The van der Waals surface area contributed by atoms with Gasteiger partial charge in [-0.25, -0.2) is 4.98 Å². The normalized spacial score (nSPS) is 9.69. The van der Waals surface area contributed by atoms with Gasteiger partial charge in [0.2, 0.25) is 0 Å². The summed E-state index contributed by atoms with van der Waals surface area (Å²) < 4.78 is 0. The van der Waals surface area contributed by atoms with Crippen LogP contribution in [0.15, 0.2) is 18.3 Å². The first-order valence-corrected chi connectivity index (χ1v) is 4.12. The van der Waals surface area contributed by atoms with Gasteiger partial charge in [0, 0.05) is 19.8 Å². The fraction of sp³-hybridized carbons (Fsp3) is 0.333. The highest BCUT2D eigenvalue weighted by molar-refractivity contribution is 5.98. The predicted octanol–water partition coefficient (Wildman–Crippen LogP) is 0.756. The van der Waals surface area contributed by atoms with Crippen LogP contribution in [0.3, 0.4) is 0 Å². The quantitative estimate of drug-likeness (QED) is 0.729. The average molecular weight is 179 g/mol. The van der Waals surface area contributed by atoms with Crippen LogP contribution < -0.4 is 5.73 Å². The number of hydrogen-bond acceptors (Lipinski definition) is 3. The monoisotopic (exact) mass is 179 g/mol. The van der Waals surface area contributed by atoms with Crippen LogP contribution in [0.25, 0.3) is 0 Å². The summed E-state index contributed by atoms with van der Waals surface area (Å²) >= 11 is 0. The molecule has 0 radical (unpaired) electrons. The Morgan fingerprint density at radius 2 is 2.38 bits per heavy atom. The minimum atomic E-state index is -0.0897. The fourth-order valence-corrected chi connectivity index (χ4v) is 0.948. The topological polar surface area (TPSA) is 59.2 Å². The number of anilines is 1. The molecule has 1 rings (SSSR count). The van der Waals surface area contributed by atoms with E-state index in [1.54, 1.807) is 30.3 Å². The third kappa shape index (κ3) is 1.96. The Morgan fingerprint density at radius 3 is 2.92 bits per heavy atom. The molecule has 0 unspecified atom stereocenters. The van der Waals surface area contributed by atoms with E-state index in [1.807, 2.05) is 6.92 Å². The maximum absolute atomic E-state index is 11.6. The highest BCUT2D eigenvalue weighted by Gasteiger charge is 2.12. The Morgan fingerprint density at radius 1 is 1.69 bits per heavy atom. The van der Waals surface area contributed by atoms with Crippen LogP contribution in [0.5, 0.6) is 0 Å². The van der Waals surface area contributed by atoms with E-state index in [0.717, 1.165) is 0 Å². The zero-order valence-corrected chi connectivity index (χ0v) is 7.82. The van der Waals surface area contributed by atoms with E-state index in [4.69, 9.17) is 5.73 Å². The lowest BCUT2D eigenvalue weighted by Gasteiger charge is -2.14. The molecule has 0 bridgehead atoms. The van der Waals surface area contributed by atoms with Crippen molar-refractivity contribution in [2.75, 3.05) is 19.3 Å². The van der Waals surface area contributed by atoms with Gasteiger partial charge < -0.3 is 10.6 Å². The Bertz CT molecular complexity index is 311. The minimum Gasteiger partial charge on any atom is -0.383 e. The van der Waals surface area contributed by atoms with E-state index in [-0.39, 0.29) is 11.7 Å². The van der Waals surface area contributed by atoms with Gasteiger partial charge in [0.25, 0.3) is 5.91 Å². The minimum absolute atomic E-state index is 0.0897. The summed E-state index contributed by atoms with van der Waals surface area (Å²) in [6.45, 7) is 2.57. The van der Waals surface area contributed by atoms with Crippen molar-refractivity contribution in [1.29, 1.82) is 0 Å². The molecule has 0 atom stereocenters. The van der Waals surface area contributed by atoms with E-state index in [9.17, 15) is 4.79 Å². The molecule has 1 heterocycles. The second kappa shape index (κ2) is 3.89. The zero-order valence-electron chi connectivity index (χ0n) is 7.82. The van der Waals surface area contributed by atoms with Crippen molar-refractivity contribution in [1.82, 2.24) is 9.88 Å². The molecule has 4 heteroatoms. The van der Waals surface area contributed by atoms with Crippen LogP contribution in [-0.2, 0) is 0 Å². The molecular formula is C9H13N3O. The van der Waals surface area contributed by atoms with Crippen molar-refractivity contribution in [3.8, 4) is 0 Å². The molecule has 4 nitrogen and oxygen atoms in total. The van der Waals surface area contributed by atoms with Gasteiger partial charge >= 0.3 is 0 Å². The smallest absolute Gasteiger partial charge is 0.257 e. The van der Waals surface area contributed by atoms with Gasteiger partial charge in [-0.1, -0.05) is 0 Å². The Hall–Kier alpha value is -1.58. The third-order valence-corrected chi connectivity index (χ3v) is 1.89. The van der Waals surface area contributed by atoms with Crippen molar-refractivity contribution in [3.05, 3.63) is 23.9 Å². The Balaban J connectivity index is 2.95. The second-order valence-electron chi connectivity index (χ2n) is 2.76. The molecule has 0 spiro atoms. The number of nitrogen functional groups attached to an aromatic ring is 1. The molecule has 1 aromatic rings. The van der Waals surface area contributed by atoms with Gasteiger partial charge in [-0.05, 0) is 19.1 Å². The highest BCUT2D eigenvalue weighted by atomic mass is 16.2. The van der Waals surface area contributed by atoms with Gasteiger partial charge in [0.1, 0.15) is 5.82 Å². The molecule has 0 aliphatic heterocycles. The van der Waals surface area contributed by atoms with Gasteiger partial charge in [0.15, 0.2) is 0 Å². The van der Waals surface area contributed by atoms with Gasteiger partial charge in [-0.3, -0.25) is 4.79 Å². The molecule has 0 saturated heterocycles. The first-order valence-electron chi connectivity index (χ1n) is 4.12. The number of nitrogens with zero attached hydrogens (tertiary/aromatic N) is 2. The molecular weight excluding hydrogens is 166 g/mol. The lowest BCUT2D eigenvalue weighted by Crippen LogP contribution is -2.27. The highest BCUT2D eigenvalue weighted by Crippen LogP contribution is 2.09. The summed E-state index contributed by atoms with van der Waals surface area (Å²) in [7, 11) is 1.73. The van der Waals surface area contributed by atoms with Gasteiger partial charge in [-0.15, -0.1) is 0 Å². The standard InChI is InChI=1S/C9H13N3O/c1-3-12(2)9(13)7-5-4-6-11-8(7)10/h4-6H,3H2,1-2H3,(H2,10,11). The van der Waals surface area contributed by atoms with E-state index < -0.39 is 0 Å². The Kier molecular flexibility index (Phi) is 2.84. The number of pyridine rings is 1. The van der Waals surface area contributed by atoms with Crippen LogP contribution >= 0.6 is 0 Å². The largest absolute Gasteiger partial charge is 0.383 e. The van der Waals surface area contributed by atoms with Gasteiger partial charge in [0.05, 0.1) is 5.56 Å². The third-order valence-electron chi connectivity index (χ3n) is 1.89. The van der Waals surface area contributed by atoms with Crippen LogP contribution in [0.2, 0.25) is 0 Å². The van der Waals surface area contributed by atoms with E-state index in [1.165, 1.54) is 0 Å². The number of nitrogens with two attached hydrogens (primary N) is 1. The number of carbonyl (C=O) groups excluding carboxylic acids is 1. The SMILES string of the molecule is CCN(C)C(=O)c1cccnc1N. The van der Waals surface area contributed by atoms with Crippen molar-refractivity contribution in [2.45, 2.75) is 6.92 Å². The van der Waals surface area contributed by atoms with Crippen molar-refractivity contribution in [3.63, 3.8) is 0 Å².